The number of aliphatic hydroxyl groups is 1. The predicted molar refractivity (Wildman–Crippen MR) is 105 cm³/mol. The van der Waals surface area contributed by atoms with Gasteiger partial charge in [0.25, 0.3) is 5.56 Å². The first-order valence-corrected chi connectivity index (χ1v) is 9.46. The van der Waals surface area contributed by atoms with Gasteiger partial charge in [-0.1, -0.05) is 25.1 Å². The zero-order chi connectivity index (χ0) is 20.5. The number of hydrogen-bond acceptors (Lipinski definition) is 6. The molecule has 2 aliphatic heterocycles. The molecule has 0 fully saturated rings. The molecule has 146 valence electrons. The lowest BCUT2D eigenvalue weighted by atomic mass is 9.86. The number of carbonyl (C=O) groups is 2. The zero-order valence-corrected chi connectivity index (χ0v) is 16.0. The molecule has 0 aliphatic carbocycles. The summed E-state index contributed by atoms with van der Waals surface area (Å²) in [6.45, 7) is 3.19. The van der Waals surface area contributed by atoms with Gasteiger partial charge in [0.05, 0.1) is 29.0 Å². The normalized spacial score (nSPS) is 19.5. The van der Waals surface area contributed by atoms with Crippen LogP contribution in [0.5, 0.6) is 0 Å². The van der Waals surface area contributed by atoms with Crippen LogP contribution >= 0.6 is 0 Å². The van der Waals surface area contributed by atoms with E-state index in [1.54, 1.807) is 13.0 Å². The van der Waals surface area contributed by atoms with Crippen LogP contribution < -0.4 is 5.56 Å². The van der Waals surface area contributed by atoms with Crippen LogP contribution in [0.1, 0.15) is 47.3 Å². The minimum absolute atomic E-state index is 0.0818. The Morgan fingerprint density at radius 3 is 2.76 bits per heavy atom. The molecule has 1 aromatic carbocycles. The van der Waals surface area contributed by atoms with E-state index >= 15 is 0 Å². The molecule has 0 saturated carbocycles. The summed E-state index contributed by atoms with van der Waals surface area (Å²) < 4.78 is 6.62. The van der Waals surface area contributed by atoms with Gasteiger partial charge in [0.2, 0.25) is 0 Å². The van der Waals surface area contributed by atoms with E-state index in [1.807, 2.05) is 24.3 Å². The third-order valence-corrected chi connectivity index (χ3v) is 5.95. The van der Waals surface area contributed by atoms with Crippen molar-refractivity contribution in [2.75, 3.05) is 0 Å². The number of benzene rings is 1. The highest BCUT2D eigenvalue weighted by Crippen LogP contribution is 2.40. The summed E-state index contributed by atoms with van der Waals surface area (Å²) in [7, 11) is 0. The van der Waals surface area contributed by atoms with Gasteiger partial charge in [-0.05, 0) is 25.5 Å². The van der Waals surface area contributed by atoms with Crippen molar-refractivity contribution in [1.29, 1.82) is 0 Å². The molecule has 2 aromatic heterocycles. The summed E-state index contributed by atoms with van der Waals surface area (Å²) in [6.07, 6.45) is 0.0818. The highest BCUT2D eigenvalue weighted by atomic mass is 16.6. The number of para-hydroxylation sites is 1. The number of esters is 1. The Bertz CT molecular complexity index is 1310. The van der Waals surface area contributed by atoms with Crippen molar-refractivity contribution in [2.45, 2.75) is 39.0 Å². The predicted octanol–water partition coefficient (Wildman–Crippen LogP) is 2.28. The minimum atomic E-state index is -1.87. The molecule has 7 nitrogen and oxygen atoms in total. The monoisotopic (exact) mass is 390 g/mol. The number of rotatable bonds is 2. The average molecular weight is 390 g/mol. The van der Waals surface area contributed by atoms with Gasteiger partial charge in [-0.25, -0.2) is 9.78 Å². The van der Waals surface area contributed by atoms with Gasteiger partial charge in [0.1, 0.15) is 6.61 Å². The number of ketones is 1. The molecule has 0 bridgehead atoms. The molecule has 1 atom stereocenters. The van der Waals surface area contributed by atoms with Crippen LogP contribution in [0, 0.1) is 0 Å². The molecule has 0 unspecified atom stereocenters. The molecule has 0 amide bonds. The van der Waals surface area contributed by atoms with Crippen molar-refractivity contribution in [3.63, 3.8) is 0 Å². The SMILES string of the molecule is CC[C@@]1(O)C(=O)OCc2c1cc1n(c2=O)Cc2c-1nc1ccccc1c2C(C)=O. The van der Waals surface area contributed by atoms with Crippen molar-refractivity contribution < 1.29 is 19.4 Å². The van der Waals surface area contributed by atoms with Crippen molar-refractivity contribution in [3.8, 4) is 11.4 Å². The first-order valence-electron chi connectivity index (χ1n) is 9.46. The topological polar surface area (TPSA) is 98.5 Å². The molecular formula is C22H18N2O5. The van der Waals surface area contributed by atoms with Gasteiger partial charge in [-0.15, -0.1) is 0 Å². The van der Waals surface area contributed by atoms with Crippen LogP contribution in [0.2, 0.25) is 0 Å². The van der Waals surface area contributed by atoms with E-state index in [0.29, 0.717) is 28.0 Å². The lowest BCUT2D eigenvalue weighted by molar-refractivity contribution is -0.172. The van der Waals surface area contributed by atoms with E-state index in [2.05, 4.69) is 0 Å². The van der Waals surface area contributed by atoms with Gasteiger partial charge >= 0.3 is 5.97 Å². The lowest BCUT2D eigenvalue weighted by Crippen LogP contribution is -2.44. The third-order valence-electron chi connectivity index (χ3n) is 5.95. The molecule has 2 aliphatic rings. The summed E-state index contributed by atoms with van der Waals surface area (Å²) in [4.78, 5) is 42.6. The van der Waals surface area contributed by atoms with Gasteiger partial charge in [0.15, 0.2) is 11.4 Å². The zero-order valence-electron chi connectivity index (χ0n) is 16.0. The maximum Gasteiger partial charge on any atom is 0.343 e. The Balaban J connectivity index is 1.87. The number of pyridine rings is 2. The fourth-order valence-electron chi connectivity index (χ4n) is 4.43. The van der Waals surface area contributed by atoms with Gasteiger partial charge in [-0.3, -0.25) is 9.59 Å². The molecule has 1 N–H and O–H groups in total. The summed E-state index contributed by atoms with van der Waals surface area (Å²) in [5.74, 6) is -0.861. The standard InChI is InChI=1S/C22H18N2O5/c1-3-22(28)15-8-17-19-13(9-24(17)20(26)14(15)10-29-21(22)27)18(11(2)25)12-6-4-5-7-16(12)23-19/h4-8,28H,3,9-10H2,1-2H3/t22-/m0/s1. The Morgan fingerprint density at radius 1 is 1.28 bits per heavy atom. The van der Waals surface area contributed by atoms with Crippen molar-refractivity contribution in [2.24, 2.45) is 0 Å². The maximum absolute atomic E-state index is 13.2. The number of aromatic nitrogens is 2. The maximum atomic E-state index is 13.2. The van der Waals surface area contributed by atoms with E-state index in [4.69, 9.17) is 9.72 Å². The Morgan fingerprint density at radius 2 is 2.03 bits per heavy atom. The number of carbonyl (C=O) groups excluding carboxylic acids is 2. The highest BCUT2D eigenvalue weighted by Gasteiger charge is 2.45. The molecule has 5 rings (SSSR count). The van der Waals surface area contributed by atoms with Crippen LogP contribution in [-0.2, 0) is 28.3 Å². The molecule has 0 saturated heterocycles. The van der Waals surface area contributed by atoms with Crippen LogP contribution in [-0.4, -0.2) is 26.4 Å². The number of cyclic esters (lactones) is 1. The summed E-state index contributed by atoms with van der Waals surface area (Å²) in [5, 5.41) is 11.7. The van der Waals surface area contributed by atoms with Gasteiger partial charge in [-0.2, -0.15) is 0 Å². The Hall–Kier alpha value is -3.32. The van der Waals surface area contributed by atoms with Crippen LogP contribution in [0.25, 0.3) is 22.3 Å². The van der Waals surface area contributed by atoms with E-state index in [-0.39, 0.29) is 42.0 Å². The summed E-state index contributed by atoms with van der Waals surface area (Å²) in [6, 6.07) is 9.00. The quantitative estimate of drug-likeness (QED) is 0.417. The Labute approximate surface area is 165 Å². The second-order valence-electron chi connectivity index (χ2n) is 7.49. The van der Waals surface area contributed by atoms with E-state index < -0.39 is 11.6 Å². The van der Waals surface area contributed by atoms with Gasteiger partial charge in [0, 0.05) is 22.1 Å². The average Bonchev–Trinajstić information content (AvgIpc) is 3.07. The first-order chi connectivity index (χ1) is 13.9. The lowest BCUT2D eigenvalue weighted by Gasteiger charge is -2.31. The fourth-order valence-corrected chi connectivity index (χ4v) is 4.43. The number of ether oxygens (including phenoxy) is 1. The van der Waals surface area contributed by atoms with Crippen LogP contribution in [0.3, 0.4) is 0 Å². The Kier molecular flexibility index (Phi) is 3.58. The van der Waals surface area contributed by atoms with E-state index in [9.17, 15) is 19.5 Å². The van der Waals surface area contributed by atoms with Crippen molar-refractivity contribution in [1.82, 2.24) is 9.55 Å². The largest absolute Gasteiger partial charge is 0.458 e. The third kappa shape index (κ3) is 2.22. The molecule has 0 radical (unpaired) electrons. The summed E-state index contributed by atoms with van der Waals surface area (Å²) in [5.41, 5.74) is 1.23. The van der Waals surface area contributed by atoms with E-state index in [0.717, 1.165) is 5.39 Å². The number of fused-ring (bicyclic) bond motifs is 5. The number of hydrogen-bond donors (Lipinski definition) is 1. The van der Waals surface area contributed by atoms with Crippen LogP contribution in [0.15, 0.2) is 35.1 Å². The molecular weight excluding hydrogens is 372 g/mol. The highest BCUT2D eigenvalue weighted by molar-refractivity contribution is 6.09. The minimum Gasteiger partial charge on any atom is -0.458 e. The first kappa shape index (κ1) is 17.8. The molecule has 4 heterocycles. The van der Waals surface area contributed by atoms with Crippen molar-refractivity contribution >= 4 is 22.7 Å². The molecule has 29 heavy (non-hydrogen) atoms. The van der Waals surface area contributed by atoms with Gasteiger partial charge < -0.3 is 14.4 Å². The smallest absolute Gasteiger partial charge is 0.343 e. The number of Topliss-reactive ketones (excluding diaryl/α,β-unsaturated/α-hetero) is 1. The second-order valence-corrected chi connectivity index (χ2v) is 7.49. The van der Waals surface area contributed by atoms with Crippen LogP contribution in [0.4, 0.5) is 0 Å². The molecule has 3 aromatic rings. The fraction of sp³-hybridized carbons (Fsp3) is 0.273. The number of nitrogens with zero attached hydrogens (tertiary/aromatic N) is 2. The summed E-state index contributed by atoms with van der Waals surface area (Å²) >= 11 is 0. The van der Waals surface area contributed by atoms with E-state index in [1.165, 1.54) is 11.5 Å². The molecule has 7 heteroatoms. The van der Waals surface area contributed by atoms with Crippen molar-refractivity contribution in [3.05, 3.63) is 62.9 Å². The molecule has 0 spiro atoms. The second kappa shape index (κ2) is 5.84.